The van der Waals surface area contributed by atoms with Crippen molar-refractivity contribution in [1.29, 1.82) is 0 Å². The normalized spacial score (nSPS) is 21.7. The van der Waals surface area contributed by atoms with Crippen molar-refractivity contribution in [2.24, 2.45) is 0 Å². The van der Waals surface area contributed by atoms with Gasteiger partial charge in [0.25, 0.3) is 0 Å². The van der Waals surface area contributed by atoms with Gasteiger partial charge < -0.3 is 4.74 Å². The third-order valence-electron chi connectivity index (χ3n) is 3.84. The van der Waals surface area contributed by atoms with Gasteiger partial charge in [-0.15, -0.1) is 0 Å². The van der Waals surface area contributed by atoms with E-state index in [1.807, 2.05) is 26.8 Å². The molecule has 0 radical (unpaired) electrons. The number of allylic oxidation sites excluding steroid dienone is 3. The Labute approximate surface area is 133 Å². The molecule has 0 amide bonds. The third-order valence-corrected chi connectivity index (χ3v) is 3.84. The van der Waals surface area contributed by atoms with E-state index in [1.165, 1.54) is 5.56 Å². The molecule has 0 unspecified atom stereocenters. The maximum atomic E-state index is 6.19. The topological polar surface area (TPSA) is 9.23 Å². The minimum Gasteiger partial charge on any atom is -0.482 e. The molecule has 114 valence electrons. The molecule has 1 saturated heterocycles. The van der Waals surface area contributed by atoms with Crippen molar-refractivity contribution in [3.8, 4) is 0 Å². The van der Waals surface area contributed by atoms with Gasteiger partial charge in [-0.1, -0.05) is 55.7 Å². The zero-order valence-corrected chi connectivity index (χ0v) is 14.0. The minimum absolute atomic E-state index is 0.499. The molecule has 0 atom stereocenters. The van der Waals surface area contributed by atoms with Crippen molar-refractivity contribution >= 4 is 12.2 Å². The van der Waals surface area contributed by atoms with E-state index < -0.39 is 5.60 Å². The molecule has 1 fully saturated rings. The van der Waals surface area contributed by atoms with Gasteiger partial charge in [0, 0.05) is 11.1 Å². The lowest BCUT2D eigenvalue weighted by Gasteiger charge is -2.38. The lowest BCUT2D eigenvalue weighted by Crippen LogP contribution is -2.40. The van der Waals surface area contributed by atoms with Crippen LogP contribution in [-0.2, 0) is 4.74 Å². The van der Waals surface area contributed by atoms with Gasteiger partial charge in [-0.25, -0.2) is 0 Å². The number of ether oxygens (including phenoxy) is 1. The first kappa shape index (κ1) is 16.1. The summed E-state index contributed by atoms with van der Waals surface area (Å²) in [5.41, 5.74) is 4.37. The van der Waals surface area contributed by atoms with Gasteiger partial charge in [-0.2, -0.15) is 0 Å². The maximum Gasteiger partial charge on any atom is 0.130 e. The number of hydrogen-bond donors (Lipinski definition) is 0. The Hall–Kier alpha value is -2.28. The van der Waals surface area contributed by atoms with E-state index >= 15 is 0 Å². The van der Waals surface area contributed by atoms with E-state index in [-0.39, 0.29) is 0 Å². The molecule has 1 aromatic carbocycles. The minimum atomic E-state index is -0.499. The van der Waals surface area contributed by atoms with E-state index in [1.54, 1.807) is 0 Å². The Bertz CT molecular complexity index is 816. The molecule has 22 heavy (non-hydrogen) atoms. The number of aryl methyl sites for hydroxylation is 1. The highest BCUT2D eigenvalue weighted by atomic mass is 16.5. The summed E-state index contributed by atoms with van der Waals surface area (Å²) in [5, 5.41) is 2.05. The molecule has 1 heteroatoms. The fourth-order valence-electron chi connectivity index (χ4n) is 2.84. The maximum absolute atomic E-state index is 6.19. The zero-order chi connectivity index (χ0) is 16.7. The van der Waals surface area contributed by atoms with E-state index in [0.717, 1.165) is 38.5 Å². The van der Waals surface area contributed by atoms with Crippen LogP contribution < -0.4 is 10.4 Å². The molecule has 1 aliphatic heterocycles. The molecule has 0 saturated carbocycles. The average Bonchev–Trinajstić information content (AvgIpc) is 2.37. The fourth-order valence-corrected chi connectivity index (χ4v) is 2.84. The molecule has 0 bridgehead atoms. The summed E-state index contributed by atoms with van der Waals surface area (Å²) in [5.74, 6) is 0.740. The Kier molecular flexibility index (Phi) is 4.02. The van der Waals surface area contributed by atoms with Crippen molar-refractivity contribution in [3.63, 3.8) is 0 Å². The van der Waals surface area contributed by atoms with Gasteiger partial charge in [-0.3, -0.25) is 0 Å². The van der Waals surface area contributed by atoms with E-state index in [4.69, 9.17) is 4.74 Å². The molecule has 0 aromatic heterocycles. The molecule has 1 aromatic rings. The van der Waals surface area contributed by atoms with Crippen LogP contribution in [0.25, 0.3) is 12.2 Å². The van der Waals surface area contributed by atoms with Crippen LogP contribution in [-0.4, -0.2) is 5.60 Å². The summed E-state index contributed by atoms with van der Waals surface area (Å²) in [6.45, 7) is 24.6. The molecule has 0 aliphatic carbocycles. The Morgan fingerprint density at radius 2 is 1.77 bits per heavy atom. The van der Waals surface area contributed by atoms with E-state index in [9.17, 15) is 0 Å². The van der Waals surface area contributed by atoms with Gasteiger partial charge >= 0.3 is 0 Å². The summed E-state index contributed by atoms with van der Waals surface area (Å²) in [6, 6.07) is 6.25. The summed E-state index contributed by atoms with van der Waals surface area (Å²) in [6.07, 6.45) is 1.91. The van der Waals surface area contributed by atoms with Gasteiger partial charge in [0.15, 0.2) is 0 Å². The summed E-state index contributed by atoms with van der Waals surface area (Å²) in [4.78, 5) is 0. The lowest BCUT2D eigenvalue weighted by atomic mass is 9.82. The standard InChI is InChI=1S/C21H24O/c1-13(2)11-19-16(5)17(6)20(21(7,8)22-19)18-10-9-14(3)12-15(18)4/h9-12H,1,4-6H2,2-3,7-8H3/b19-11+,20-18+. The highest BCUT2D eigenvalue weighted by Gasteiger charge is 2.35. The second kappa shape index (κ2) is 5.49. The smallest absolute Gasteiger partial charge is 0.130 e. The van der Waals surface area contributed by atoms with Crippen LogP contribution in [0.4, 0.5) is 0 Å². The third kappa shape index (κ3) is 2.85. The Balaban J connectivity index is 2.75. The molecular weight excluding hydrogens is 268 g/mol. The molecule has 2 rings (SSSR count). The monoisotopic (exact) mass is 292 g/mol. The Morgan fingerprint density at radius 1 is 1.14 bits per heavy atom. The molecular formula is C21H24O. The average molecular weight is 292 g/mol. The lowest BCUT2D eigenvalue weighted by molar-refractivity contribution is 0.0861. The van der Waals surface area contributed by atoms with Gasteiger partial charge in [0.05, 0.1) is 0 Å². The zero-order valence-electron chi connectivity index (χ0n) is 14.0. The number of benzene rings is 1. The van der Waals surface area contributed by atoms with Crippen LogP contribution in [0.2, 0.25) is 0 Å². The summed E-state index contributed by atoms with van der Waals surface area (Å²) in [7, 11) is 0. The van der Waals surface area contributed by atoms with Crippen molar-refractivity contribution < 1.29 is 4.74 Å². The first-order chi connectivity index (χ1) is 10.1. The molecule has 1 aliphatic rings. The Morgan fingerprint density at radius 3 is 2.32 bits per heavy atom. The van der Waals surface area contributed by atoms with Crippen molar-refractivity contribution in [1.82, 2.24) is 0 Å². The van der Waals surface area contributed by atoms with Crippen molar-refractivity contribution in [3.05, 3.63) is 82.5 Å². The quantitative estimate of drug-likeness (QED) is 0.762. The molecule has 0 spiro atoms. The van der Waals surface area contributed by atoms with Gasteiger partial charge in [0.1, 0.15) is 11.4 Å². The van der Waals surface area contributed by atoms with Crippen LogP contribution in [0, 0.1) is 6.92 Å². The van der Waals surface area contributed by atoms with Gasteiger partial charge in [-0.05, 0) is 49.8 Å². The molecule has 1 heterocycles. The predicted molar refractivity (Wildman–Crippen MR) is 95.7 cm³/mol. The molecule has 1 nitrogen and oxygen atoms in total. The second-order valence-corrected chi connectivity index (χ2v) is 6.46. The van der Waals surface area contributed by atoms with Crippen molar-refractivity contribution in [2.45, 2.75) is 33.3 Å². The SMILES string of the molecule is C=C(C)/C=C1/OC(C)(C)/C(=c2\ccc(C)cc2=C)C(=C)C1=C. The number of hydrogen-bond acceptors (Lipinski definition) is 1. The van der Waals surface area contributed by atoms with Gasteiger partial charge in [0.2, 0.25) is 0 Å². The predicted octanol–water partition coefficient (Wildman–Crippen LogP) is 3.94. The van der Waals surface area contributed by atoms with Crippen LogP contribution >= 0.6 is 0 Å². The van der Waals surface area contributed by atoms with Crippen LogP contribution in [0.3, 0.4) is 0 Å². The van der Waals surface area contributed by atoms with Crippen LogP contribution in [0.5, 0.6) is 0 Å². The first-order valence-electron chi connectivity index (χ1n) is 7.39. The van der Waals surface area contributed by atoms with Crippen LogP contribution in [0.1, 0.15) is 26.3 Å². The largest absolute Gasteiger partial charge is 0.482 e. The summed E-state index contributed by atoms with van der Waals surface area (Å²) < 4.78 is 6.19. The molecule has 0 N–H and O–H groups in total. The van der Waals surface area contributed by atoms with E-state index in [0.29, 0.717) is 0 Å². The summed E-state index contributed by atoms with van der Waals surface area (Å²) >= 11 is 0. The second-order valence-electron chi connectivity index (χ2n) is 6.46. The number of rotatable bonds is 1. The van der Waals surface area contributed by atoms with E-state index in [2.05, 4.69) is 51.4 Å². The van der Waals surface area contributed by atoms with Crippen molar-refractivity contribution in [2.75, 3.05) is 0 Å². The first-order valence-corrected chi connectivity index (χ1v) is 7.39. The highest BCUT2D eigenvalue weighted by Crippen LogP contribution is 2.41. The van der Waals surface area contributed by atoms with Crippen LogP contribution in [0.15, 0.2) is 66.5 Å². The highest BCUT2D eigenvalue weighted by molar-refractivity contribution is 5.80. The fraction of sp³-hybridized carbons (Fsp3) is 0.238.